The Morgan fingerprint density at radius 1 is 1.40 bits per heavy atom. The van der Waals surface area contributed by atoms with Crippen LogP contribution in [-0.2, 0) is 9.47 Å². The van der Waals surface area contributed by atoms with Crippen molar-refractivity contribution >= 4 is 0 Å². The minimum atomic E-state index is 0.163. The minimum absolute atomic E-state index is 0.163. The van der Waals surface area contributed by atoms with Gasteiger partial charge in [0.15, 0.2) is 0 Å². The van der Waals surface area contributed by atoms with E-state index in [4.69, 9.17) is 15.2 Å². The maximum absolute atomic E-state index is 6.03. The van der Waals surface area contributed by atoms with E-state index >= 15 is 0 Å². The number of nitrogens with two attached hydrogens (primary N) is 1. The summed E-state index contributed by atoms with van der Waals surface area (Å²) in [4.78, 5) is 2.42. The third kappa shape index (κ3) is 4.07. The van der Waals surface area contributed by atoms with Crippen molar-refractivity contribution in [2.24, 2.45) is 5.73 Å². The van der Waals surface area contributed by atoms with E-state index in [9.17, 15) is 0 Å². The molecule has 4 nitrogen and oxygen atoms in total. The fourth-order valence-corrected chi connectivity index (χ4v) is 1.89. The van der Waals surface area contributed by atoms with Crippen LogP contribution in [0.15, 0.2) is 0 Å². The molecular formula is C11H24N2O2. The molecule has 1 saturated heterocycles. The van der Waals surface area contributed by atoms with Crippen molar-refractivity contribution in [1.82, 2.24) is 4.90 Å². The van der Waals surface area contributed by atoms with Gasteiger partial charge in [0.2, 0.25) is 0 Å². The molecule has 0 unspecified atom stereocenters. The van der Waals surface area contributed by atoms with Crippen molar-refractivity contribution < 1.29 is 9.47 Å². The Morgan fingerprint density at radius 2 is 2.13 bits per heavy atom. The first-order valence-electron chi connectivity index (χ1n) is 5.75. The fourth-order valence-electron chi connectivity index (χ4n) is 1.89. The molecule has 0 saturated carbocycles. The van der Waals surface area contributed by atoms with Crippen LogP contribution in [0.3, 0.4) is 0 Å². The Labute approximate surface area is 92.7 Å². The molecule has 1 aliphatic rings. The fraction of sp³-hybridized carbons (Fsp3) is 1.00. The summed E-state index contributed by atoms with van der Waals surface area (Å²) in [5.41, 5.74) is 6.03. The summed E-state index contributed by atoms with van der Waals surface area (Å²) in [6, 6.07) is 0.753. The van der Waals surface area contributed by atoms with Crippen LogP contribution in [-0.4, -0.2) is 56.5 Å². The van der Waals surface area contributed by atoms with Crippen molar-refractivity contribution in [2.45, 2.75) is 38.5 Å². The second-order valence-corrected chi connectivity index (χ2v) is 4.44. The number of nitrogens with zero attached hydrogens (tertiary/aromatic N) is 1. The zero-order chi connectivity index (χ0) is 11.3. The molecule has 0 bridgehead atoms. The molecule has 4 heteroatoms. The lowest BCUT2D eigenvalue weighted by molar-refractivity contribution is -0.0371. The number of piperidine rings is 1. The van der Waals surface area contributed by atoms with Gasteiger partial charge in [-0.1, -0.05) is 0 Å². The Bertz CT molecular complexity index is 176. The van der Waals surface area contributed by atoms with Crippen LogP contribution >= 0.6 is 0 Å². The van der Waals surface area contributed by atoms with Gasteiger partial charge in [0, 0.05) is 32.3 Å². The van der Waals surface area contributed by atoms with E-state index in [-0.39, 0.29) is 12.1 Å². The molecule has 1 fully saturated rings. The van der Waals surface area contributed by atoms with Gasteiger partial charge in [0.25, 0.3) is 0 Å². The molecule has 0 spiro atoms. The number of methoxy groups -OCH3 is 1. The van der Waals surface area contributed by atoms with Crippen molar-refractivity contribution in [2.75, 3.05) is 33.4 Å². The summed E-state index contributed by atoms with van der Waals surface area (Å²) >= 11 is 0. The predicted molar refractivity (Wildman–Crippen MR) is 60.9 cm³/mol. The molecule has 1 aliphatic heterocycles. The molecule has 90 valence electrons. The van der Waals surface area contributed by atoms with Crippen LogP contribution in [0.2, 0.25) is 0 Å². The van der Waals surface area contributed by atoms with E-state index in [0.29, 0.717) is 19.3 Å². The van der Waals surface area contributed by atoms with Crippen molar-refractivity contribution in [3.8, 4) is 0 Å². The van der Waals surface area contributed by atoms with Gasteiger partial charge in [-0.25, -0.2) is 0 Å². The highest BCUT2D eigenvalue weighted by molar-refractivity contribution is 4.85. The average Bonchev–Trinajstić information content (AvgIpc) is 2.20. The zero-order valence-electron chi connectivity index (χ0n) is 10.1. The second kappa shape index (κ2) is 6.43. The lowest BCUT2D eigenvalue weighted by Crippen LogP contribution is -2.53. The lowest BCUT2D eigenvalue weighted by Gasteiger charge is -2.38. The number of hydrogen-bond acceptors (Lipinski definition) is 4. The van der Waals surface area contributed by atoms with Gasteiger partial charge in [0.05, 0.1) is 19.3 Å². The molecule has 0 aliphatic carbocycles. The van der Waals surface area contributed by atoms with E-state index in [0.717, 1.165) is 19.5 Å². The lowest BCUT2D eigenvalue weighted by atomic mass is 10.0. The SMILES string of the molecule is COCCO[C@@H]1CN(C(C)C)CC[C@H]1N. The first-order valence-corrected chi connectivity index (χ1v) is 5.75. The van der Waals surface area contributed by atoms with Gasteiger partial charge < -0.3 is 15.2 Å². The zero-order valence-corrected chi connectivity index (χ0v) is 10.1. The standard InChI is InChI=1S/C11H24N2O2/c1-9(2)13-5-4-10(12)11(8-13)15-7-6-14-3/h9-11H,4-8,12H2,1-3H3/t10-,11-/m1/s1. The topological polar surface area (TPSA) is 47.7 Å². The summed E-state index contributed by atoms with van der Waals surface area (Å²) in [6.45, 7) is 7.74. The van der Waals surface area contributed by atoms with Crippen LogP contribution in [0.25, 0.3) is 0 Å². The second-order valence-electron chi connectivity index (χ2n) is 4.44. The van der Waals surface area contributed by atoms with Crippen LogP contribution in [0.5, 0.6) is 0 Å². The van der Waals surface area contributed by atoms with Crippen molar-refractivity contribution in [3.05, 3.63) is 0 Å². The maximum atomic E-state index is 6.03. The summed E-state index contributed by atoms with van der Waals surface area (Å²) in [7, 11) is 1.69. The number of likely N-dealkylation sites (tertiary alicyclic amines) is 1. The van der Waals surface area contributed by atoms with Crippen molar-refractivity contribution in [3.63, 3.8) is 0 Å². The quantitative estimate of drug-likeness (QED) is 0.678. The highest BCUT2D eigenvalue weighted by atomic mass is 16.5. The van der Waals surface area contributed by atoms with Crippen molar-refractivity contribution in [1.29, 1.82) is 0 Å². The molecule has 0 aromatic carbocycles. The van der Waals surface area contributed by atoms with Crippen LogP contribution in [0.4, 0.5) is 0 Å². The van der Waals surface area contributed by atoms with E-state index in [1.165, 1.54) is 0 Å². The number of hydrogen-bond donors (Lipinski definition) is 1. The van der Waals surface area contributed by atoms with Gasteiger partial charge in [-0.2, -0.15) is 0 Å². The van der Waals surface area contributed by atoms with Gasteiger partial charge in [0.1, 0.15) is 0 Å². The van der Waals surface area contributed by atoms with Crippen LogP contribution in [0.1, 0.15) is 20.3 Å². The molecule has 15 heavy (non-hydrogen) atoms. The third-order valence-corrected chi connectivity index (χ3v) is 2.99. The molecule has 0 radical (unpaired) electrons. The largest absolute Gasteiger partial charge is 0.382 e. The molecule has 0 aromatic rings. The van der Waals surface area contributed by atoms with E-state index < -0.39 is 0 Å². The third-order valence-electron chi connectivity index (χ3n) is 2.99. The first kappa shape index (κ1) is 12.9. The molecule has 2 atom stereocenters. The van der Waals surface area contributed by atoms with E-state index in [1.807, 2.05) is 0 Å². The van der Waals surface area contributed by atoms with E-state index in [1.54, 1.807) is 7.11 Å². The molecule has 2 N–H and O–H groups in total. The molecular weight excluding hydrogens is 192 g/mol. The van der Waals surface area contributed by atoms with Gasteiger partial charge >= 0.3 is 0 Å². The Hall–Kier alpha value is -0.160. The van der Waals surface area contributed by atoms with Crippen LogP contribution in [0, 0.1) is 0 Å². The summed E-state index contributed by atoms with van der Waals surface area (Å²) in [5, 5.41) is 0. The van der Waals surface area contributed by atoms with E-state index in [2.05, 4.69) is 18.7 Å². The molecule has 1 rings (SSSR count). The van der Waals surface area contributed by atoms with Gasteiger partial charge in [-0.3, -0.25) is 4.90 Å². The highest BCUT2D eigenvalue weighted by Crippen LogP contribution is 2.14. The summed E-state index contributed by atoms with van der Waals surface area (Å²) in [6.07, 6.45) is 1.19. The highest BCUT2D eigenvalue weighted by Gasteiger charge is 2.28. The average molecular weight is 216 g/mol. The Morgan fingerprint density at radius 3 is 2.73 bits per heavy atom. The van der Waals surface area contributed by atoms with Crippen LogP contribution < -0.4 is 5.73 Å². The van der Waals surface area contributed by atoms with Gasteiger partial charge in [-0.15, -0.1) is 0 Å². The first-order chi connectivity index (χ1) is 7.15. The minimum Gasteiger partial charge on any atom is -0.382 e. The molecule has 1 heterocycles. The Kier molecular flexibility index (Phi) is 5.53. The van der Waals surface area contributed by atoms with Gasteiger partial charge in [-0.05, 0) is 20.3 Å². The number of rotatable bonds is 5. The molecule has 0 amide bonds. The molecule has 0 aromatic heterocycles. The maximum Gasteiger partial charge on any atom is 0.0854 e. The Balaban J connectivity index is 2.32. The predicted octanol–water partition coefficient (Wildman–Crippen LogP) is 0.459. The smallest absolute Gasteiger partial charge is 0.0854 e. The number of ether oxygens (including phenoxy) is 2. The summed E-state index contributed by atoms with van der Waals surface area (Å²) in [5.74, 6) is 0. The normalized spacial score (nSPS) is 28.6. The monoisotopic (exact) mass is 216 g/mol. The summed E-state index contributed by atoms with van der Waals surface area (Å²) < 4.78 is 10.7.